The van der Waals surface area contributed by atoms with E-state index in [0.29, 0.717) is 5.56 Å². The first-order valence-corrected chi connectivity index (χ1v) is 4.44. The first-order chi connectivity index (χ1) is 7.29. The van der Waals surface area contributed by atoms with E-state index in [1.807, 2.05) is 0 Å². The zero-order chi connectivity index (χ0) is 12.3. The van der Waals surface area contributed by atoms with Gasteiger partial charge in [0.05, 0.1) is 4.92 Å². The first kappa shape index (κ1) is 16.9. The summed E-state index contributed by atoms with van der Waals surface area (Å²) in [5.41, 5.74) is 0.223. The van der Waals surface area contributed by atoms with Crippen molar-refractivity contribution in [1.82, 2.24) is 0 Å². The third-order valence-corrected chi connectivity index (χ3v) is 1.97. The Labute approximate surface area is 139 Å². The van der Waals surface area contributed by atoms with Crippen molar-refractivity contribution in [3.8, 4) is 0 Å². The first-order valence-electron chi connectivity index (χ1n) is 4.44. The number of nitro groups is 1. The van der Waals surface area contributed by atoms with Crippen LogP contribution in [0, 0.1) is 10.1 Å². The molecule has 0 atom stereocenters. The van der Waals surface area contributed by atoms with Crippen molar-refractivity contribution >= 4 is 18.2 Å². The Balaban J connectivity index is 0.00000256. The van der Waals surface area contributed by atoms with E-state index in [1.54, 1.807) is 0 Å². The molecular formula is C9H8BF3KNO2. The van der Waals surface area contributed by atoms with E-state index in [1.165, 1.54) is 31.2 Å². The number of benzene rings is 1. The van der Waals surface area contributed by atoms with E-state index >= 15 is 0 Å². The van der Waals surface area contributed by atoms with E-state index in [-0.39, 0.29) is 68.6 Å². The zero-order valence-corrected chi connectivity index (χ0v) is 12.5. The molecule has 0 bridgehead atoms. The summed E-state index contributed by atoms with van der Waals surface area (Å²) in [6, 6.07) is 4.95. The molecule has 0 aliphatic carbocycles. The van der Waals surface area contributed by atoms with Gasteiger partial charge in [-0.05, 0) is 24.6 Å². The molecule has 0 aliphatic heterocycles. The third kappa shape index (κ3) is 5.82. The maximum atomic E-state index is 12.1. The molecule has 3 nitrogen and oxygen atoms in total. The predicted molar refractivity (Wildman–Crippen MR) is 55.8 cm³/mol. The smallest absolute Gasteiger partial charge is 0.445 e. The Hall–Kier alpha value is -0.149. The van der Waals surface area contributed by atoms with E-state index in [4.69, 9.17) is 0 Å². The maximum absolute atomic E-state index is 12.1. The summed E-state index contributed by atoms with van der Waals surface area (Å²) in [5.74, 6) is 0.223. The number of non-ortho nitro benzene ring substituents is 1. The minimum absolute atomic E-state index is 0. The van der Waals surface area contributed by atoms with Gasteiger partial charge in [0.2, 0.25) is 0 Å². The second-order valence-electron chi connectivity index (χ2n) is 3.28. The second kappa shape index (κ2) is 6.70. The fraction of sp³-hybridized carbons (Fsp3) is 0.111. The monoisotopic (exact) mass is 269 g/mol. The Bertz CT molecular complexity index is 431. The Morgan fingerprint density at radius 1 is 1.29 bits per heavy atom. The van der Waals surface area contributed by atoms with Crippen molar-refractivity contribution in [2.75, 3.05) is 0 Å². The van der Waals surface area contributed by atoms with Crippen LogP contribution in [0.2, 0.25) is 0 Å². The zero-order valence-electron chi connectivity index (χ0n) is 9.36. The van der Waals surface area contributed by atoms with E-state index in [2.05, 4.69) is 0 Å². The number of nitro benzene ring substituents is 1. The Morgan fingerprint density at radius 3 is 2.12 bits per heavy atom. The summed E-state index contributed by atoms with van der Waals surface area (Å²) in [6.45, 7) is -3.68. The van der Waals surface area contributed by atoms with Crippen LogP contribution in [0.25, 0.3) is 5.57 Å². The van der Waals surface area contributed by atoms with Gasteiger partial charge in [-0.1, -0.05) is 5.57 Å². The average molecular weight is 269 g/mol. The summed E-state index contributed by atoms with van der Waals surface area (Å²) in [7, 11) is 0. The number of halogens is 3. The van der Waals surface area contributed by atoms with Crippen LogP contribution in [-0.2, 0) is 0 Å². The molecule has 0 unspecified atom stereocenters. The number of nitrogens with zero attached hydrogens (tertiary/aromatic N) is 1. The van der Waals surface area contributed by atoms with Gasteiger partial charge >= 0.3 is 58.4 Å². The van der Waals surface area contributed by atoms with Gasteiger partial charge in [-0.15, -0.1) is 5.98 Å². The Morgan fingerprint density at radius 2 is 1.76 bits per heavy atom. The quantitative estimate of drug-likeness (QED) is 0.452. The van der Waals surface area contributed by atoms with Gasteiger partial charge in [0.1, 0.15) is 0 Å². The molecule has 0 saturated carbocycles. The van der Waals surface area contributed by atoms with Crippen molar-refractivity contribution in [3.63, 3.8) is 0 Å². The molecule has 1 aromatic carbocycles. The van der Waals surface area contributed by atoms with Gasteiger partial charge in [-0.25, -0.2) is 0 Å². The molecular weight excluding hydrogens is 261 g/mol. The van der Waals surface area contributed by atoms with Crippen molar-refractivity contribution in [1.29, 1.82) is 0 Å². The molecule has 1 aromatic rings. The molecule has 86 valence electrons. The van der Waals surface area contributed by atoms with Gasteiger partial charge in [-0.3, -0.25) is 10.1 Å². The van der Waals surface area contributed by atoms with Crippen molar-refractivity contribution in [3.05, 3.63) is 45.9 Å². The predicted octanol–water partition coefficient (Wildman–Crippen LogP) is 0.389. The topological polar surface area (TPSA) is 43.1 Å². The van der Waals surface area contributed by atoms with E-state index in [9.17, 15) is 23.1 Å². The van der Waals surface area contributed by atoms with E-state index < -0.39 is 11.9 Å². The van der Waals surface area contributed by atoms with Crippen LogP contribution in [-0.4, -0.2) is 11.9 Å². The van der Waals surface area contributed by atoms with Crippen LogP contribution in [0.4, 0.5) is 18.6 Å². The van der Waals surface area contributed by atoms with Crippen LogP contribution in [0.15, 0.2) is 30.2 Å². The molecule has 0 aromatic heterocycles. The third-order valence-electron chi connectivity index (χ3n) is 1.97. The van der Waals surface area contributed by atoms with Gasteiger partial charge in [-0.2, -0.15) is 0 Å². The van der Waals surface area contributed by atoms with E-state index in [0.717, 1.165) is 0 Å². The molecule has 0 heterocycles. The molecule has 0 radical (unpaired) electrons. The summed E-state index contributed by atoms with van der Waals surface area (Å²) in [4.78, 5) is 9.72. The molecule has 0 fully saturated rings. The molecule has 17 heavy (non-hydrogen) atoms. The number of hydrogen-bond donors (Lipinski definition) is 0. The summed E-state index contributed by atoms with van der Waals surface area (Å²) in [5, 5.41) is 10.3. The van der Waals surface area contributed by atoms with Crippen LogP contribution in [0.5, 0.6) is 0 Å². The molecule has 0 spiro atoms. The Kier molecular flexibility index (Phi) is 6.64. The van der Waals surface area contributed by atoms with Crippen LogP contribution < -0.4 is 51.4 Å². The molecule has 0 amide bonds. The summed E-state index contributed by atoms with van der Waals surface area (Å²) < 4.78 is 36.2. The molecule has 0 aliphatic rings. The van der Waals surface area contributed by atoms with Crippen LogP contribution >= 0.6 is 0 Å². The number of rotatable bonds is 3. The summed E-state index contributed by atoms with van der Waals surface area (Å²) in [6.07, 6.45) is 0. The number of hydrogen-bond acceptors (Lipinski definition) is 2. The average Bonchev–Trinajstić information content (AvgIpc) is 2.15. The molecule has 0 saturated heterocycles. The normalized spacial score (nSPS) is 11.9. The SMILES string of the molecule is C/C(=C\[B-](F)(F)F)c1ccc([N+](=O)[O-])cc1.[K+]. The van der Waals surface area contributed by atoms with Crippen LogP contribution in [0.3, 0.4) is 0 Å². The standard InChI is InChI=1S/C9H8BF3NO2.K/c1-7(6-10(11,12)13)8-2-4-9(5-3-8)14(15)16;/h2-6H,1H3;/q-1;+1/b7-6+;. The fourth-order valence-electron chi connectivity index (χ4n) is 1.23. The number of allylic oxidation sites excluding steroid dienone is 1. The molecule has 0 N–H and O–H groups in total. The largest absolute Gasteiger partial charge is 1.00 e. The fourth-order valence-corrected chi connectivity index (χ4v) is 1.23. The van der Waals surface area contributed by atoms with Crippen molar-refractivity contribution in [2.24, 2.45) is 0 Å². The second-order valence-corrected chi connectivity index (χ2v) is 3.28. The minimum Gasteiger partial charge on any atom is -0.445 e. The van der Waals surface area contributed by atoms with Gasteiger partial charge in [0, 0.05) is 12.1 Å². The maximum Gasteiger partial charge on any atom is 1.00 e. The van der Waals surface area contributed by atoms with Gasteiger partial charge in [0.15, 0.2) is 0 Å². The summed E-state index contributed by atoms with van der Waals surface area (Å²) >= 11 is 0. The molecule has 8 heteroatoms. The van der Waals surface area contributed by atoms with Gasteiger partial charge in [0.25, 0.3) is 5.69 Å². The molecule has 1 rings (SSSR count). The van der Waals surface area contributed by atoms with Gasteiger partial charge < -0.3 is 12.9 Å². The minimum atomic E-state index is -4.99. The van der Waals surface area contributed by atoms with Crippen molar-refractivity contribution in [2.45, 2.75) is 6.92 Å². The van der Waals surface area contributed by atoms with Crippen molar-refractivity contribution < 1.29 is 69.3 Å². The van der Waals surface area contributed by atoms with Crippen LogP contribution in [0.1, 0.15) is 12.5 Å².